The van der Waals surface area contributed by atoms with Gasteiger partial charge in [-0.2, -0.15) is 0 Å². The van der Waals surface area contributed by atoms with Gasteiger partial charge in [-0.15, -0.1) is 11.3 Å². The fourth-order valence-corrected chi connectivity index (χ4v) is 2.76. The average Bonchev–Trinajstić information content (AvgIpc) is 2.81. The predicted molar refractivity (Wildman–Crippen MR) is 84.1 cm³/mol. The highest BCUT2D eigenvalue weighted by molar-refractivity contribution is 7.15. The number of carbonyl (C=O) groups excluding carboxylic acids is 1. The highest BCUT2D eigenvalue weighted by Gasteiger charge is 2.16. The van der Waals surface area contributed by atoms with Crippen LogP contribution in [0.1, 0.15) is 34.8 Å². The van der Waals surface area contributed by atoms with Crippen molar-refractivity contribution >= 4 is 33.9 Å². The molecule has 0 aliphatic heterocycles. The molecule has 0 bridgehead atoms. The van der Waals surface area contributed by atoms with Crippen LogP contribution in [0.25, 0.3) is 0 Å². The Hall–Kier alpha value is -2.15. The predicted octanol–water partition coefficient (Wildman–Crippen LogP) is 2.91. The van der Waals surface area contributed by atoms with E-state index in [1.807, 2.05) is 6.92 Å². The molecule has 0 saturated heterocycles. The summed E-state index contributed by atoms with van der Waals surface area (Å²) in [6.07, 6.45) is 2.36. The maximum Gasteiger partial charge on any atom is 0.341 e. The standard InChI is InChI=1S/C14H18N4O2S/c1-4-11-8(3)21-14(17-11)18-12-10(13(19)20-5-2)6-9(15)7-16-12/h6-7H,4-5,15H2,1-3H3,(H,16,17,18). The van der Waals surface area contributed by atoms with Crippen molar-refractivity contribution in [3.8, 4) is 0 Å². The van der Waals surface area contributed by atoms with Crippen molar-refractivity contribution in [2.75, 3.05) is 17.7 Å². The van der Waals surface area contributed by atoms with E-state index in [4.69, 9.17) is 10.5 Å². The van der Waals surface area contributed by atoms with Crippen LogP contribution in [-0.2, 0) is 11.2 Å². The van der Waals surface area contributed by atoms with Crippen LogP contribution in [0.5, 0.6) is 0 Å². The largest absolute Gasteiger partial charge is 0.462 e. The number of nitrogen functional groups attached to an aromatic ring is 1. The number of esters is 1. The molecule has 2 heterocycles. The Morgan fingerprint density at radius 1 is 1.48 bits per heavy atom. The van der Waals surface area contributed by atoms with Crippen molar-refractivity contribution < 1.29 is 9.53 Å². The summed E-state index contributed by atoms with van der Waals surface area (Å²) in [5, 5.41) is 3.78. The molecule has 0 saturated carbocycles. The second kappa shape index (κ2) is 6.53. The summed E-state index contributed by atoms with van der Waals surface area (Å²) in [5.74, 6) is -0.0529. The van der Waals surface area contributed by atoms with Gasteiger partial charge in [-0.3, -0.25) is 0 Å². The molecule has 3 N–H and O–H groups in total. The molecule has 0 spiro atoms. The summed E-state index contributed by atoms with van der Waals surface area (Å²) < 4.78 is 5.02. The Labute approximate surface area is 127 Å². The average molecular weight is 306 g/mol. The van der Waals surface area contributed by atoms with Crippen LogP contribution in [-0.4, -0.2) is 22.5 Å². The number of rotatable bonds is 5. The quantitative estimate of drug-likeness (QED) is 0.825. The molecular formula is C14H18N4O2S. The van der Waals surface area contributed by atoms with Gasteiger partial charge in [-0.1, -0.05) is 6.92 Å². The van der Waals surface area contributed by atoms with E-state index in [0.29, 0.717) is 28.8 Å². The van der Waals surface area contributed by atoms with Gasteiger partial charge in [0, 0.05) is 4.88 Å². The zero-order valence-electron chi connectivity index (χ0n) is 12.3. The number of carbonyl (C=O) groups is 1. The number of anilines is 3. The lowest BCUT2D eigenvalue weighted by Gasteiger charge is -2.09. The molecule has 0 unspecified atom stereocenters. The fourth-order valence-electron chi connectivity index (χ4n) is 1.86. The van der Waals surface area contributed by atoms with Crippen molar-refractivity contribution in [3.63, 3.8) is 0 Å². The number of nitrogens with two attached hydrogens (primary N) is 1. The smallest absolute Gasteiger partial charge is 0.341 e. The number of hydrogen-bond acceptors (Lipinski definition) is 7. The molecule has 0 aromatic carbocycles. The molecule has 2 aromatic heterocycles. The van der Waals surface area contributed by atoms with Crippen molar-refractivity contribution in [1.82, 2.24) is 9.97 Å². The zero-order chi connectivity index (χ0) is 15.4. The highest BCUT2D eigenvalue weighted by Crippen LogP contribution is 2.27. The molecule has 2 aromatic rings. The minimum absolute atomic E-state index is 0.295. The maximum atomic E-state index is 12.0. The minimum Gasteiger partial charge on any atom is -0.462 e. The van der Waals surface area contributed by atoms with E-state index in [9.17, 15) is 4.79 Å². The number of nitrogens with zero attached hydrogens (tertiary/aromatic N) is 2. The van der Waals surface area contributed by atoms with E-state index in [-0.39, 0.29) is 0 Å². The molecule has 7 heteroatoms. The van der Waals surface area contributed by atoms with Crippen LogP contribution < -0.4 is 11.1 Å². The summed E-state index contributed by atoms with van der Waals surface area (Å²) in [6, 6.07) is 1.55. The third-order valence-electron chi connectivity index (χ3n) is 2.86. The van der Waals surface area contributed by atoms with Crippen LogP contribution in [0, 0.1) is 6.92 Å². The van der Waals surface area contributed by atoms with Crippen molar-refractivity contribution in [3.05, 3.63) is 28.4 Å². The van der Waals surface area contributed by atoms with E-state index < -0.39 is 5.97 Å². The third kappa shape index (κ3) is 3.49. The monoisotopic (exact) mass is 306 g/mol. The van der Waals surface area contributed by atoms with Crippen LogP contribution >= 0.6 is 11.3 Å². The third-order valence-corrected chi connectivity index (χ3v) is 3.79. The van der Waals surface area contributed by atoms with Gasteiger partial charge < -0.3 is 15.8 Å². The second-order valence-electron chi connectivity index (χ2n) is 4.39. The molecule has 0 aliphatic carbocycles. The molecule has 2 rings (SSSR count). The van der Waals surface area contributed by atoms with Crippen molar-refractivity contribution in [2.24, 2.45) is 0 Å². The van der Waals surface area contributed by atoms with E-state index in [1.54, 1.807) is 13.0 Å². The van der Waals surface area contributed by atoms with Gasteiger partial charge in [0.1, 0.15) is 11.4 Å². The van der Waals surface area contributed by atoms with E-state index in [1.165, 1.54) is 17.5 Å². The molecule has 0 aliphatic rings. The molecule has 0 fully saturated rings. The first-order valence-corrected chi connectivity index (χ1v) is 7.52. The number of aromatic nitrogens is 2. The number of nitrogens with one attached hydrogen (secondary N) is 1. The molecule has 6 nitrogen and oxygen atoms in total. The second-order valence-corrected chi connectivity index (χ2v) is 5.59. The zero-order valence-corrected chi connectivity index (χ0v) is 13.1. The Morgan fingerprint density at radius 2 is 2.24 bits per heavy atom. The summed E-state index contributed by atoms with van der Waals surface area (Å²) in [5.41, 5.74) is 7.45. The van der Waals surface area contributed by atoms with E-state index >= 15 is 0 Å². The van der Waals surface area contributed by atoms with Crippen molar-refractivity contribution in [1.29, 1.82) is 0 Å². The van der Waals surface area contributed by atoms with Gasteiger partial charge in [-0.05, 0) is 26.3 Å². The number of pyridine rings is 1. The molecule has 0 amide bonds. The lowest BCUT2D eigenvalue weighted by Crippen LogP contribution is -2.10. The fraction of sp³-hybridized carbons (Fsp3) is 0.357. The number of ether oxygens (including phenoxy) is 1. The molecule has 0 atom stereocenters. The lowest BCUT2D eigenvalue weighted by atomic mass is 10.2. The Kier molecular flexibility index (Phi) is 4.74. The Morgan fingerprint density at radius 3 is 2.86 bits per heavy atom. The van der Waals surface area contributed by atoms with Crippen LogP contribution in [0.2, 0.25) is 0 Å². The Balaban J connectivity index is 2.32. The number of hydrogen-bond donors (Lipinski definition) is 2. The molecular weight excluding hydrogens is 288 g/mol. The van der Waals surface area contributed by atoms with Crippen LogP contribution in [0.3, 0.4) is 0 Å². The summed E-state index contributed by atoms with van der Waals surface area (Å²) in [7, 11) is 0. The van der Waals surface area contributed by atoms with Gasteiger partial charge in [0.25, 0.3) is 0 Å². The van der Waals surface area contributed by atoms with Gasteiger partial charge >= 0.3 is 5.97 Å². The van der Waals surface area contributed by atoms with Gasteiger partial charge in [0.05, 0.1) is 24.2 Å². The minimum atomic E-state index is -0.455. The van der Waals surface area contributed by atoms with Gasteiger partial charge in [0.15, 0.2) is 5.13 Å². The first-order valence-electron chi connectivity index (χ1n) is 6.71. The molecule has 21 heavy (non-hydrogen) atoms. The van der Waals surface area contributed by atoms with Gasteiger partial charge in [-0.25, -0.2) is 14.8 Å². The first kappa shape index (κ1) is 15.2. The van der Waals surface area contributed by atoms with E-state index in [0.717, 1.165) is 17.0 Å². The molecule has 0 radical (unpaired) electrons. The van der Waals surface area contributed by atoms with Crippen LogP contribution in [0.4, 0.5) is 16.6 Å². The summed E-state index contributed by atoms with van der Waals surface area (Å²) in [4.78, 5) is 21.8. The van der Waals surface area contributed by atoms with Crippen molar-refractivity contribution in [2.45, 2.75) is 27.2 Å². The summed E-state index contributed by atoms with van der Waals surface area (Å²) >= 11 is 1.53. The van der Waals surface area contributed by atoms with Gasteiger partial charge in [0.2, 0.25) is 0 Å². The normalized spacial score (nSPS) is 10.4. The maximum absolute atomic E-state index is 12.0. The lowest BCUT2D eigenvalue weighted by molar-refractivity contribution is 0.0527. The van der Waals surface area contributed by atoms with Crippen LogP contribution in [0.15, 0.2) is 12.3 Å². The molecule has 112 valence electrons. The first-order chi connectivity index (χ1) is 10.0. The summed E-state index contributed by atoms with van der Waals surface area (Å²) in [6.45, 7) is 6.12. The SMILES string of the molecule is CCOC(=O)c1cc(N)cnc1Nc1nc(CC)c(C)s1. The topological polar surface area (TPSA) is 90.1 Å². The number of aryl methyl sites for hydroxylation is 2. The highest BCUT2D eigenvalue weighted by atomic mass is 32.1. The van der Waals surface area contributed by atoms with E-state index in [2.05, 4.69) is 22.2 Å². The number of thiazole rings is 1. The Bertz CT molecular complexity index is 654.